The molecule has 1 unspecified atom stereocenters. The topological polar surface area (TPSA) is 87.7 Å². The summed E-state index contributed by atoms with van der Waals surface area (Å²) < 4.78 is 23.4. The first kappa shape index (κ1) is 10.4. The summed E-state index contributed by atoms with van der Waals surface area (Å²) in [5.74, 6) is -0.293. The van der Waals surface area contributed by atoms with E-state index in [1.165, 1.54) is 0 Å². The van der Waals surface area contributed by atoms with Crippen LogP contribution in [0, 0.1) is 0 Å². The first-order chi connectivity index (χ1) is 6.18. The fourth-order valence-corrected chi connectivity index (χ4v) is 1.28. The zero-order valence-corrected chi connectivity index (χ0v) is 7.80. The number of ether oxygens (including phenoxy) is 1. The van der Waals surface area contributed by atoms with Gasteiger partial charge >= 0.3 is 6.09 Å². The van der Waals surface area contributed by atoms with Gasteiger partial charge in [0, 0.05) is 6.54 Å². The smallest absolute Gasteiger partial charge is 0.408 e. The van der Waals surface area contributed by atoms with Gasteiger partial charge < -0.3 is 19.9 Å². The van der Waals surface area contributed by atoms with Crippen LogP contribution >= 0.6 is 0 Å². The number of alkyl carbamates (subject to hydrolysis) is 1. The summed E-state index contributed by atoms with van der Waals surface area (Å²) in [6.45, 7) is 1.49. The van der Waals surface area contributed by atoms with E-state index in [1.54, 1.807) is 0 Å². The summed E-state index contributed by atoms with van der Waals surface area (Å²) in [4.78, 5) is 10.9. The summed E-state index contributed by atoms with van der Waals surface area (Å²) in [5.41, 5.74) is 0. The highest BCUT2D eigenvalue weighted by Crippen LogP contribution is 2.02. The number of carbonyl (C=O) groups excluding carboxylic acids is 1. The van der Waals surface area contributed by atoms with E-state index in [2.05, 4.69) is 10.6 Å². The van der Waals surface area contributed by atoms with Crippen molar-refractivity contribution in [3.63, 3.8) is 0 Å². The van der Waals surface area contributed by atoms with Crippen LogP contribution in [-0.2, 0) is 15.8 Å². The number of nitrogens with one attached hydrogen (secondary N) is 2. The Morgan fingerprint density at radius 1 is 1.77 bits per heavy atom. The quantitative estimate of drug-likeness (QED) is 0.531. The fourth-order valence-electron chi connectivity index (χ4n) is 1.04. The number of amides is 1. The minimum absolute atomic E-state index is 0.118. The summed E-state index contributed by atoms with van der Waals surface area (Å²) in [6.07, 6.45) is 0.0264. The summed E-state index contributed by atoms with van der Waals surface area (Å²) in [5, 5.41) is 5.20. The van der Waals surface area contributed by atoms with Crippen molar-refractivity contribution in [3.05, 3.63) is 0 Å². The lowest BCUT2D eigenvalue weighted by Crippen LogP contribution is -2.31. The lowest BCUT2D eigenvalue weighted by Gasteiger charge is -2.10. The van der Waals surface area contributed by atoms with Crippen molar-refractivity contribution >= 4 is 17.2 Å². The van der Waals surface area contributed by atoms with Gasteiger partial charge in [-0.25, -0.2) is 9.00 Å². The Balaban J connectivity index is 2.13. The van der Waals surface area contributed by atoms with Crippen molar-refractivity contribution in [2.45, 2.75) is 12.5 Å². The maximum absolute atomic E-state index is 10.9. The van der Waals surface area contributed by atoms with Crippen molar-refractivity contribution in [1.82, 2.24) is 10.6 Å². The molecule has 1 aliphatic heterocycles. The largest absolute Gasteiger partial charge is 0.445 e. The number of hydrogen-bond acceptors (Lipinski definition) is 4. The standard InChI is InChI=1S/C6H12N2O4S/c9-6(8-4-13(10)11)12-5-1-2-7-3-5/h5,7H,1-4H2,(H,8,9)(H,10,11)/t5-/m1/s1. The first-order valence-electron chi connectivity index (χ1n) is 3.91. The lowest BCUT2D eigenvalue weighted by molar-refractivity contribution is 0.108. The van der Waals surface area contributed by atoms with Crippen molar-refractivity contribution in [2.24, 2.45) is 0 Å². The molecule has 0 aromatic carbocycles. The highest BCUT2D eigenvalue weighted by Gasteiger charge is 2.18. The molecule has 0 aromatic heterocycles. The average Bonchev–Trinajstić information content (AvgIpc) is 2.53. The maximum Gasteiger partial charge on any atom is 0.408 e. The normalized spacial score (nSPS) is 23.9. The second-order valence-corrected chi connectivity index (χ2v) is 3.59. The zero-order chi connectivity index (χ0) is 9.68. The Labute approximate surface area is 78.3 Å². The van der Waals surface area contributed by atoms with Gasteiger partial charge in [0.25, 0.3) is 0 Å². The van der Waals surface area contributed by atoms with Gasteiger partial charge in [0.2, 0.25) is 0 Å². The van der Waals surface area contributed by atoms with Crippen LogP contribution in [0.1, 0.15) is 6.42 Å². The molecule has 1 saturated heterocycles. The molecule has 76 valence electrons. The van der Waals surface area contributed by atoms with Crippen LogP contribution in [-0.4, -0.2) is 39.9 Å². The molecule has 1 rings (SSSR count). The molecule has 3 N–H and O–H groups in total. The van der Waals surface area contributed by atoms with Gasteiger partial charge in [-0.1, -0.05) is 0 Å². The van der Waals surface area contributed by atoms with Crippen LogP contribution in [0.2, 0.25) is 0 Å². The van der Waals surface area contributed by atoms with Crippen molar-refractivity contribution in [1.29, 1.82) is 0 Å². The monoisotopic (exact) mass is 208 g/mol. The van der Waals surface area contributed by atoms with E-state index in [1.807, 2.05) is 0 Å². The van der Waals surface area contributed by atoms with Gasteiger partial charge in [0.15, 0.2) is 11.1 Å². The molecular weight excluding hydrogens is 196 g/mol. The van der Waals surface area contributed by atoms with Crippen molar-refractivity contribution < 1.29 is 18.3 Å². The van der Waals surface area contributed by atoms with E-state index in [-0.39, 0.29) is 12.0 Å². The summed E-state index contributed by atoms with van der Waals surface area (Å²) >= 11 is -2.02. The molecule has 1 fully saturated rings. The molecule has 1 amide bonds. The van der Waals surface area contributed by atoms with Crippen molar-refractivity contribution in [2.75, 3.05) is 19.0 Å². The van der Waals surface area contributed by atoms with Gasteiger partial charge in [-0.15, -0.1) is 0 Å². The molecule has 0 spiro atoms. The predicted octanol–water partition coefficient (Wildman–Crippen LogP) is -0.746. The third-order valence-corrected chi connectivity index (χ3v) is 2.02. The van der Waals surface area contributed by atoms with E-state index in [4.69, 9.17) is 9.29 Å². The molecule has 6 nitrogen and oxygen atoms in total. The highest BCUT2D eigenvalue weighted by molar-refractivity contribution is 7.79. The molecule has 7 heteroatoms. The molecule has 0 radical (unpaired) electrons. The number of rotatable bonds is 3. The maximum atomic E-state index is 10.9. The van der Waals surface area contributed by atoms with Crippen LogP contribution in [0.15, 0.2) is 0 Å². The molecule has 13 heavy (non-hydrogen) atoms. The SMILES string of the molecule is O=C(NCS(=O)O)O[C@@H]1CCNC1. The van der Waals surface area contributed by atoms with Crippen LogP contribution < -0.4 is 10.6 Å². The molecule has 1 aliphatic rings. The predicted molar refractivity (Wildman–Crippen MR) is 46.5 cm³/mol. The molecular formula is C6H12N2O4S. The van der Waals surface area contributed by atoms with Crippen molar-refractivity contribution in [3.8, 4) is 0 Å². The van der Waals surface area contributed by atoms with Crippen LogP contribution in [0.3, 0.4) is 0 Å². The van der Waals surface area contributed by atoms with E-state index in [9.17, 15) is 9.00 Å². The minimum Gasteiger partial charge on any atom is -0.445 e. The van der Waals surface area contributed by atoms with Gasteiger partial charge in [-0.3, -0.25) is 0 Å². The molecule has 2 atom stereocenters. The van der Waals surface area contributed by atoms with E-state index in [0.717, 1.165) is 13.0 Å². The van der Waals surface area contributed by atoms with Gasteiger partial charge in [0.05, 0.1) is 0 Å². The zero-order valence-electron chi connectivity index (χ0n) is 6.99. The number of carbonyl (C=O) groups is 1. The fraction of sp³-hybridized carbons (Fsp3) is 0.833. The van der Waals surface area contributed by atoms with Crippen LogP contribution in [0.25, 0.3) is 0 Å². The second kappa shape index (κ2) is 5.15. The summed E-state index contributed by atoms with van der Waals surface area (Å²) in [7, 11) is 0. The van der Waals surface area contributed by atoms with Crippen LogP contribution in [0.4, 0.5) is 4.79 Å². The van der Waals surface area contributed by atoms with E-state index in [0.29, 0.717) is 6.54 Å². The van der Waals surface area contributed by atoms with Gasteiger partial charge in [-0.05, 0) is 13.0 Å². The lowest BCUT2D eigenvalue weighted by atomic mass is 10.3. The Morgan fingerprint density at radius 3 is 3.08 bits per heavy atom. The molecule has 1 heterocycles. The van der Waals surface area contributed by atoms with Crippen LogP contribution in [0.5, 0.6) is 0 Å². The molecule has 0 aliphatic carbocycles. The number of hydrogen-bond donors (Lipinski definition) is 3. The second-order valence-electron chi connectivity index (χ2n) is 2.66. The Hall–Kier alpha value is -0.660. The third-order valence-electron chi connectivity index (χ3n) is 1.63. The molecule has 0 saturated carbocycles. The Morgan fingerprint density at radius 2 is 2.54 bits per heavy atom. The minimum atomic E-state index is -2.02. The highest BCUT2D eigenvalue weighted by atomic mass is 32.2. The van der Waals surface area contributed by atoms with E-state index >= 15 is 0 Å². The Bertz CT molecular complexity index is 205. The average molecular weight is 208 g/mol. The van der Waals surface area contributed by atoms with E-state index < -0.39 is 17.2 Å². The molecule has 0 aromatic rings. The third kappa shape index (κ3) is 4.20. The first-order valence-corrected chi connectivity index (χ1v) is 5.18. The van der Waals surface area contributed by atoms with Gasteiger partial charge in [-0.2, -0.15) is 0 Å². The summed E-state index contributed by atoms with van der Waals surface area (Å²) in [6, 6.07) is 0. The molecule has 0 bridgehead atoms. The Kier molecular flexibility index (Phi) is 4.13. The van der Waals surface area contributed by atoms with Gasteiger partial charge in [0.1, 0.15) is 12.0 Å².